The Balaban J connectivity index is 1.71. The Morgan fingerprint density at radius 2 is 2.25 bits per heavy atom. The van der Waals surface area contributed by atoms with Crippen LogP contribution in [-0.2, 0) is 11.2 Å². The van der Waals surface area contributed by atoms with Gasteiger partial charge in [-0.25, -0.2) is 0 Å². The third-order valence-electron chi connectivity index (χ3n) is 4.69. The highest BCUT2D eigenvalue weighted by Gasteiger charge is 2.51. The first-order valence-corrected chi connectivity index (χ1v) is 8.04. The van der Waals surface area contributed by atoms with Gasteiger partial charge in [-0.3, -0.25) is 0 Å². The molecule has 3 heteroatoms. The minimum Gasteiger partial charge on any atom is -0.469 e. The second-order valence-corrected chi connectivity index (χ2v) is 7.02. The first kappa shape index (κ1) is 14.2. The highest BCUT2D eigenvalue weighted by atomic mass is 16.5. The third-order valence-corrected chi connectivity index (χ3v) is 4.69. The second kappa shape index (κ2) is 5.90. The summed E-state index contributed by atoms with van der Waals surface area (Å²) in [5.74, 6) is 2.58. The molecule has 1 aromatic heterocycles. The van der Waals surface area contributed by atoms with Crippen molar-refractivity contribution in [2.45, 2.75) is 45.6 Å². The lowest BCUT2D eigenvalue weighted by Gasteiger charge is -2.34. The van der Waals surface area contributed by atoms with Crippen LogP contribution in [0.4, 0.5) is 0 Å². The Morgan fingerprint density at radius 1 is 1.40 bits per heavy atom. The van der Waals surface area contributed by atoms with Gasteiger partial charge in [0.05, 0.1) is 12.4 Å². The van der Waals surface area contributed by atoms with E-state index in [1.54, 1.807) is 6.26 Å². The van der Waals surface area contributed by atoms with Gasteiger partial charge in [0, 0.05) is 25.0 Å². The molecule has 1 aromatic rings. The highest BCUT2D eigenvalue weighted by Crippen LogP contribution is 2.49. The van der Waals surface area contributed by atoms with Crippen LogP contribution >= 0.6 is 0 Å². The molecule has 1 N–H and O–H groups in total. The van der Waals surface area contributed by atoms with Crippen LogP contribution in [-0.4, -0.2) is 25.8 Å². The van der Waals surface area contributed by atoms with Gasteiger partial charge in [0.25, 0.3) is 0 Å². The minimum atomic E-state index is 0.230. The van der Waals surface area contributed by atoms with Crippen LogP contribution in [0.1, 0.15) is 38.9 Å². The lowest BCUT2D eigenvalue weighted by Crippen LogP contribution is -2.44. The average molecular weight is 277 g/mol. The van der Waals surface area contributed by atoms with E-state index in [2.05, 4.69) is 25.2 Å². The van der Waals surface area contributed by atoms with Gasteiger partial charge < -0.3 is 14.5 Å². The molecule has 0 radical (unpaired) electrons. The summed E-state index contributed by atoms with van der Waals surface area (Å²) in [5.41, 5.74) is 0.230. The van der Waals surface area contributed by atoms with E-state index in [-0.39, 0.29) is 5.41 Å². The van der Waals surface area contributed by atoms with Crippen molar-refractivity contribution in [3.05, 3.63) is 24.2 Å². The van der Waals surface area contributed by atoms with E-state index in [0.29, 0.717) is 12.0 Å². The van der Waals surface area contributed by atoms with Crippen molar-refractivity contribution in [3.8, 4) is 0 Å². The van der Waals surface area contributed by atoms with Crippen LogP contribution in [0.15, 0.2) is 22.8 Å². The lowest BCUT2D eigenvalue weighted by molar-refractivity contribution is 0.0282. The number of ether oxygens (including phenoxy) is 1. The maximum atomic E-state index is 6.12. The van der Waals surface area contributed by atoms with Crippen LogP contribution < -0.4 is 5.32 Å². The van der Waals surface area contributed by atoms with Gasteiger partial charge >= 0.3 is 0 Å². The van der Waals surface area contributed by atoms with Crippen molar-refractivity contribution in [2.24, 2.45) is 17.3 Å². The molecule has 1 aliphatic heterocycles. The van der Waals surface area contributed by atoms with E-state index in [0.717, 1.165) is 44.2 Å². The quantitative estimate of drug-likeness (QED) is 0.830. The average Bonchev–Trinajstić information content (AvgIpc) is 2.96. The zero-order valence-electron chi connectivity index (χ0n) is 12.7. The van der Waals surface area contributed by atoms with Gasteiger partial charge in [0.15, 0.2) is 0 Å². The van der Waals surface area contributed by atoms with Crippen molar-refractivity contribution in [2.75, 3.05) is 19.7 Å². The predicted molar refractivity (Wildman–Crippen MR) is 79.6 cm³/mol. The van der Waals surface area contributed by atoms with E-state index >= 15 is 0 Å². The van der Waals surface area contributed by atoms with E-state index in [1.165, 1.54) is 12.8 Å². The number of rotatable bonds is 7. The van der Waals surface area contributed by atoms with Gasteiger partial charge in [-0.1, -0.05) is 13.8 Å². The summed E-state index contributed by atoms with van der Waals surface area (Å²) in [5, 5.41) is 3.67. The maximum Gasteiger partial charge on any atom is 0.104 e. The van der Waals surface area contributed by atoms with Gasteiger partial charge in [0.1, 0.15) is 5.76 Å². The molecule has 2 unspecified atom stereocenters. The molecule has 1 saturated heterocycles. The number of nitrogens with one attached hydrogen (secondary N) is 1. The zero-order chi connectivity index (χ0) is 14.0. The smallest absolute Gasteiger partial charge is 0.104 e. The van der Waals surface area contributed by atoms with Crippen LogP contribution in [0, 0.1) is 17.3 Å². The van der Waals surface area contributed by atoms with Gasteiger partial charge in [-0.15, -0.1) is 0 Å². The number of furan rings is 1. The first-order chi connectivity index (χ1) is 9.70. The predicted octanol–water partition coefficient (Wildman–Crippen LogP) is 3.25. The summed E-state index contributed by atoms with van der Waals surface area (Å²) in [7, 11) is 0. The monoisotopic (exact) mass is 277 g/mol. The maximum absolute atomic E-state index is 6.12. The normalized spacial score (nSPS) is 30.2. The molecule has 1 saturated carbocycles. The summed E-state index contributed by atoms with van der Waals surface area (Å²) >= 11 is 0. The molecular formula is C17H27NO2. The second-order valence-electron chi connectivity index (χ2n) is 7.02. The first-order valence-electron chi connectivity index (χ1n) is 8.04. The van der Waals surface area contributed by atoms with Crippen LogP contribution in [0.3, 0.4) is 0 Å². The topological polar surface area (TPSA) is 34.4 Å². The van der Waals surface area contributed by atoms with Crippen molar-refractivity contribution in [1.82, 2.24) is 5.32 Å². The molecular weight excluding hydrogens is 250 g/mol. The molecule has 0 aromatic carbocycles. The summed E-state index contributed by atoms with van der Waals surface area (Å²) in [6, 6.07) is 4.10. The molecule has 0 spiro atoms. The molecule has 0 bridgehead atoms. The van der Waals surface area contributed by atoms with Crippen LogP contribution in [0.5, 0.6) is 0 Å². The Kier molecular flexibility index (Phi) is 4.18. The number of hydrogen-bond acceptors (Lipinski definition) is 3. The largest absolute Gasteiger partial charge is 0.469 e. The molecule has 0 amide bonds. The fraction of sp³-hybridized carbons (Fsp3) is 0.765. The molecule has 2 aliphatic rings. The molecule has 3 nitrogen and oxygen atoms in total. The highest BCUT2D eigenvalue weighted by molar-refractivity contribution is 5.09. The summed E-state index contributed by atoms with van der Waals surface area (Å²) < 4.78 is 11.7. The Hall–Kier alpha value is -0.800. The van der Waals surface area contributed by atoms with Crippen LogP contribution in [0.25, 0.3) is 0 Å². The molecule has 2 heterocycles. The summed E-state index contributed by atoms with van der Waals surface area (Å²) in [6.07, 6.45) is 7.05. The molecule has 2 fully saturated rings. The van der Waals surface area contributed by atoms with Gasteiger partial charge in [-0.05, 0) is 49.8 Å². The Morgan fingerprint density at radius 3 is 2.90 bits per heavy atom. The van der Waals surface area contributed by atoms with Crippen molar-refractivity contribution < 1.29 is 9.15 Å². The molecule has 112 valence electrons. The lowest BCUT2D eigenvalue weighted by atomic mass is 9.75. The van der Waals surface area contributed by atoms with E-state index in [1.807, 2.05) is 6.07 Å². The molecule has 2 atom stereocenters. The SMILES string of the molecule is CC(C)CNCC1(Cc2ccco2)CCOC1C1CC1. The fourth-order valence-corrected chi connectivity index (χ4v) is 3.55. The Labute approximate surface area is 122 Å². The molecule has 1 aliphatic carbocycles. The number of hydrogen-bond donors (Lipinski definition) is 1. The third kappa shape index (κ3) is 3.09. The van der Waals surface area contributed by atoms with E-state index in [9.17, 15) is 0 Å². The van der Waals surface area contributed by atoms with Crippen molar-refractivity contribution >= 4 is 0 Å². The van der Waals surface area contributed by atoms with Crippen molar-refractivity contribution in [1.29, 1.82) is 0 Å². The standard InChI is InChI=1S/C17H27NO2/c1-13(2)11-18-12-17(10-15-4-3-8-19-15)7-9-20-16(17)14-5-6-14/h3-4,8,13-14,16,18H,5-7,9-12H2,1-2H3. The zero-order valence-corrected chi connectivity index (χ0v) is 12.7. The summed E-state index contributed by atoms with van der Waals surface area (Å²) in [6.45, 7) is 7.56. The fourth-order valence-electron chi connectivity index (χ4n) is 3.55. The van der Waals surface area contributed by atoms with E-state index < -0.39 is 0 Å². The Bertz CT molecular complexity index is 411. The molecule has 3 rings (SSSR count). The van der Waals surface area contributed by atoms with Crippen LogP contribution in [0.2, 0.25) is 0 Å². The van der Waals surface area contributed by atoms with Crippen molar-refractivity contribution in [3.63, 3.8) is 0 Å². The minimum absolute atomic E-state index is 0.230. The molecule has 20 heavy (non-hydrogen) atoms. The van der Waals surface area contributed by atoms with Gasteiger partial charge in [-0.2, -0.15) is 0 Å². The van der Waals surface area contributed by atoms with Gasteiger partial charge in [0.2, 0.25) is 0 Å². The van der Waals surface area contributed by atoms with E-state index in [4.69, 9.17) is 9.15 Å². The summed E-state index contributed by atoms with van der Waals surface area (Å²) in [4.78, 5) is 0.